The summed E-state index contributed by atoms with van der Waals surface area (Å²) in [6.45, 7) is 3.18. The first-order valence-electron chi connectivity index (χ1n) is 11.6. The zero-order valence-electron chi connectivity index (χ0n) is 19.0. The van der Waals surface area contributed by atoms with E-state index in [2.05, 4.69) is 15.5 Å². The molecule has 8 heteroatoms. The van der Waals surface area contributed by atoms with Gasteiger partial charge in [0.1, 0.15) is 5.58 Å². The van der Waals surface area contributed by atoms with Crippen molar-refractivity contribution in [3.63, 3.8) is 0 Å². The Kier molecular flexibility index (Phi) is 6.36. The van der Waals surface area contributed by atoms with Crippen LogP contribution in [0.15, 0.2) is 75.8 Å². The molecular weight excluding hydrogens is 466 g/mol. The number of para-hydroxylation sites is 1. The van der Waals surface area contributed by atoms with Gasteiger partial charge in [-0.05, 0) is 67.7 Å². The van der Waals surface area contributed by atoms with Crippen LogP contribution in [0.4, 0.5) is 5.69 Å². The second-order valence-corrected chi connectivity index (χ2v) is 9.06. The Morgan fingerprint density at radius 1 is 0.914 bits per heavy atom. The van der Waals surface area contributed by atoms with E-state index in [0.29, 0.717) is 22.9 Å². The molecule has 180 valence electrons. The van der Waals surface area contributed by atoms with Crippen molar-refractivity contribution in [1.82, 2.24) is 10.2 Å². The Balaban J connectivity index is 0.00000253. The Hall–Kier alpha value is -3.55. The van der Waals surface area contributed by atoms with Crippen LogP contribution in [0.25, 0.3) is 22.1 Å². The average molecular weight is 492 g/mol. The number of nitrogens with one attached hydrogen (secondary N) is 2. The molecule has 0 saturated carbocycles. The maximum Gasteiger partial charge on any atom is 0.291 e. The molecule has 0 aliphatic carbocycles. The minimum atomic E-state index is -0.315. The van der Waals surface area contributed by atoms with Crippen LogP contribution in [0.2, 0.25) is 0 Å². The maximum atomic E-state index is 13.0. The fourth-order valence-electron chi connectivity index (χ4n) is 5.14. The summed E-state index contributed by atoms with van der Waals surface area (Å²) in [5.41, 5.74) is 3.02. The van der Waals surface area contributed by atoms with Crippen molar-refractivity contribution in [1.29, 1.82) is 0 Å². The van der Waals surface area contributed by atoms with Gasteiger partial charge in [-0.15, -0.1) is 12.4 Å². The SMILES string of the molecule is Cl.O=C(Nc1cccc(-c2cccc3cc(C(=O)N[C@H]4CN5CCC4CC5)oc23)c1)c1ccco1. The molecule has 1 atom stereocenters. The molecule has 7 rings (SSSR count). The molecule has 3 saturated heterocycles. The number of fused-ring (bicyclic) bond motifs is 4. The lowest BCUT2D eigenvalue weighted by molar-refractivity contribution is 0.0607. The molecule has 35 heavy (non-hydrogen) atoms. The summed E-state index contributed by atoms with van der Waals surface area (Å²) in [7, 11) is 0. The number of carbonyl (C=O) groups is 2. The number of anilines is 1. The van der Waals surface area contributed by atoms with Gasteiger partial charge >= 0.3 is 0 Å². The fraction of sp³-hybridized carbons (Fsp3) is 0.259. The average Bonchev–Trinajstić information content (AvgIpc) is 3.55. The fourth-order valence-corrected chi connectivity index (χ4v) is 5.14. The number of hydrogen-bond acceptors (Lipinski definition) is 5. The van der Waals surface area contributed by atoms with E-state index in [4.69, 9.17) is 8.83 Å². The third kappa shape index (κ3) is 4.57. The van der Waals surface area contributed by atoms with E-state index in [-0.39, 0.29) is 36.0 Å². The van der Waals surface area contributed by atoms with Crippen LogP contribution in [0.5, 0.6) is 0 Å². The Labute approximate surface area is 208 Å². The van der Waals surface area contributed by atoms with Crippen LogP contribution in [-0.4, -0.2) is 42.4 Å². The van der Waals surface area contributed by atoms with Crippen molar-refractivity contribution < 1.29 is 18.4 Å². The first kappa shape index (κ1) is 23.2. The molecule has 2 aromatic heterocycles. The molecule has 0 unspecified atom stereocenters. The van der Waals surface area contributed by atoms with E-state index in [0.717, 1.165) is 49.0 Å². The van der Waals surface area contributed by atoms with Gasteiger partial charge in [-0.3, -0.25) is 9.59 Å². The minimum absolute atomic E-state index is 0. The van der Waals surface area contributed by atoms with Gasteiger partial charge in [0.25, 0.3) is 11.8 Å². The first-order valence-corrected chi connectivity index (χ1v) is 11.6. The van der Waals surface area contributed by atoms with Crippen molar-refractivity contribution in [2.24, 2.45) is 5.92 Å². The number of hydrogen-bond donors (Lipinski definition) is 2. The van der Waals surface area contributed by atoms with E-state index in [1.54, 1.807) is 18.2 Å². The standard InChI is InChI=1S/C27H25N3O4.ClH/c31-26(23-8-3-13-33-23)28-20-6-1-4-18(14-20)21-7-2-5-19-15-24(34-25(19)21)27(32)29-22-16-30-11-9-17(22)10-12-30;/h1-8,13-15,17,22H,9-12,16H2,(H,28,31)(H,29,32);1H/t22-;/m0./s1. The highest BCUT2D eigenvalue weighted by atomic mass is 35.5. The van der Waals surface area contributed by atoms with Crippen LogP contribution >= 0.6 is 12.4 Å². The van der Waals surface area contributed by atoms with Crippen molar-refractivity contribution in [3.8, 4) is 11.1 Å². The van der Waals surface area contributed by atoms with E-state index in [9.17, 15) is 9.59 Å². The highest BCUT2D eigenvalue weighted by Gasteiger charge is 2.35. The van der Waals surface area contributed by atoms with Gasteiger partial charge in [-0.25, -0.2) is 0 Å². The number of halogens is 1. The smallest absolute Gasteiger partial charge is 0.291 e. The molecule has 4 aromatic rings. The van der Waals surface area contributed by atoms with Gasteiger partial charge in [-0.1, -0.05) is 30.3 Å². The lowest BCUT2D eigenvalue weighted by Crippen LogP contribution is -2.57. The van der Waals surface area contributed by atoms with Gasteiger partial charge in [0, 0.05) is 29.2 Å². The lowest BCUT2D eigenvalue weighted by Gasteiger charge is -2.44. The van der Waals surface area contributed by atoms with Gasteiger partial charge < -0.3 is 24.4 Å². The van der Waals surface area contributed by atoms with Crippen LogP contribution < -0.4 is 10.6 Å². The van der Waals surface area contributed by atoms with E-state index in [1.807, 2.05) is 42.5 Å². The Morgan fingerprint density at radius 3 is 2.49 bits per heavy atom. The molecule has 3 fully saturated rings. The number of amides is 2. The topological polar surface area (TPSA) is 87.7 Å². The molecule has 0 radical (unpaired) electrons. The molecule has 2 amide bonds. The number of rotatable bonds is 5. The van der Waals surface area contributed by atoms with Crippen LogP contribution in [0, 0.1) is 5.92 Å². The van der Waals surface area contributed by atoms with Gasteiger partial charge in [0.15, 0.2) is 11.5 Å². The summed E-state index contributed by atoms with van der Waals surface area (Å²) < 4.78 is 11.3. The van der Waals surface area contributed by atoms with Crippen LogP contribution in [0.1, 0.15) is 34.0 Å². The third-order valence-corrected chi connectivity index (χ3v) is 6.92. The second kappa shape index (κ2) is 9.60. The maximum absolute atomic E-state index is 13.0. The normalized spacial score (nSPS) is 20.9. The predicted molar refractivity (Wildman–Crippen MR) is 136 cm³/mol. The monoisotopic (exact) mass is 491 g/mol. The van der Waals surface area contributed by atoms with E-state index in [1.165, 1.54) is 6.26 Å². The summed E-state index contributed by atoms with van der Waals surface area (Å²) in [4.78, 5) is 27.8. The third-order valence-electron chi connectivity index (χ3n) is 6.92. The van der Waals surface area contributed by atoms with E-state index < -0.39 is 0 Å². The summed E-state index contributed by atoms with van der Waals surface area (Å²) in [5.74, 6) is 0.636. The molecular formula is C27H26ClN3O4. The number of nitrogens with zero attached hydrogens (tertiary/aromatic N) is 1. The molecule has 2 aromatic carbocycles. The summed E-state index contributed by atoms with van der Waals surface area (Å²) in [6, 6.07) is 18.6. The number of benzene rings is 2. The molecule has 3 aliphatic rings. The number of piperidine rings is 3. The first-order chi connectivity index (χ1) is 16.6. The predicted octanol–water partition coefficient (Wildman–Crippen LogP) is 5.19. The number of furan rings is 2. The van der Waals surface area contributed by atoms with E-state index >= 15 is 0 Å². The van der Waals surface area contributed by atoms with Gasteiger partial charge in [-0.2, -0.15) is 0 Å². The molecule has 2 bridgehead atoms. The molecule has 7 nitrogen and oxygen atoms in total. The van der Waals surface area contributed by atoms with Gasteiger partial charge in [0.05, 0.1) is 6.26 Å². The van der Waals surface area contributed by atoms with Crippen molar-refractivity contribution in [2.75, 3.05) is 25.0 Å². The highest BCUT2D eigenvalue weighted by Crippen LogP contribution is 2.33. The number of carbonyl (C=O) groups excluding carboxylic acids is 2. The largest absolute Gasteiger partial charge is 0.459 e. The Morgan fingerprint density at radius 2 is 1.74 bits per heavy atom. The van der Waals surface area contributed by atoms with Crippen molar-refractivity contribution in [3.05, 3.63) is 78.4 Å². The summed E-state index contributed by atoms with van der Waals surface area (Å²) in [6.07, 6.45) is 3.75. The zero-order valence-corrected chi connectivity index (χ0v) is 19.8. The summed E-state index contributed by atoms with van der Waals surface area (Å²) >= 11 is 0. The quantitative estimate of drug-likeness (QED) is 0.401. The second-order valence-electron chi connectivity index (χ2n) is 9.06. The van der Waals surface area contributed by atoms with Crippen LogP contribution in [-0.2, 0) is 0 Å². The molecule has 2 N–H and O–H groups in total. The van der Waals surface area contributed by atoms with Crippen molar-refractivity contribution in [2.45, 2.75) is 18.9 Å². The summed E-state index contributed by atoms with van der Waals surface area (Å²) in [5, 5.41) is 6.92. The van der Waals surface area contributed by atoms with Crippen LogP contribution in [0.3, 0.4) is 0 Å². The zero-order chi connectivity index (χ0) is 23.1. The molecule has 0 spiro atoms. The Bertz CT molecular complexity index is 1360. The highest BCUT2D eigenvalue weighted by molar-refractivity contribution is 6.03. The van der Waals surface area contributed by atoms with Crippen molar-refractivity contribution >= 4 is 40.9 Å². The lowest BCUT2D eigenvalue weighted by atomic mass is 9.84. The minimum Gasteiger partial charge on any atom is -0.459 e. The van der Waals surface area contributed by atoms with Gasteiger partial charge in [0.2, 0.25) is 0 Å². The molecule has 3 aliphatic heterocycles. The molecule has 5 heterocycles.